The molecule has 0 aromatic carbocycles. The first-order valence-electron chi connectivity index (χ1n) is 7.26. The van der Waals surface area contributed by atoms with Crippen molar-refractivity contribution in [3.05, 3.63) is 31.6 Å². The predicted molar refractivity (Wildman–Crippen MR) is 82.4 cm³/mol. The van der Waals surface area contributed by atoms with Crippen molar-refractivity contribution in [1.29, 1.82) is 0 Å². The van der Waals surface area contributed by atoms with E-state index in [1.165, 1.54) is 4.57 Å². The lowest BCUT2D eigenvalue weighted by Gasteiger charge is -2.29. The fourth-order valence-corrected chi connectivity index (χ4v) is 3.06. The van der Waals surface area contributed by atoms with Crippen molar-refractivity contribution in [1.82, 2.24) is 14.5 Å². The molecule has 1 aliphatic rings. The van der Waals surface area contributed by atoms with Gasteiger partial charge in [0.2, 0.25) is 0 Å². The monoisotopic (exact) mass is 315 g/mol. The second-order valence-electron chi connectivity index (χ2n) is 5.75. The molecule has 0 aliphatic carbocycles. The lowest BCUT2D eigenvalue weighted by atomic mass is 10.1. The highest BCUT2D eigenvalue weighted by molar-refractivity contribution is 6.30. The molecule has 0 saturated carbocycles. The number of halogens is 1. The van der Waals surface area contributed by atoms with Gasteiger partial charge in [-0.1, -0.05) is 25.4 Å². The highest BCUT2D eigenvalue weighted by Gasteiger charge is 2.21. The molecule has 1 aromatic rings. The van der Waals surface area contributed by atoms with Crippen molar-refractivity contribution >= 4 is 11.6 Å². The van der Waals surface area contributed by atoms with Crippen LogP contribution < -0.4 is 11.2 Å². The molecule has 1 aliphatic heterocycles. The first-order valence-corrected chi connectivity index (χ1v) is 7.64. The van der Waals surface area contributed by atoms with Crippen LogP contribution >= 0.6 is 11.6 Å². The second-order valence-corrected chi connectivity index (χ2v) is 6.13. The van der Waals surface area contributed by atoms with E-state index in [1.54, 1.807) is 0 Å². The number of morpholine rings is 1. The van der Waals surface area contributed by atoms with Gasteiger partial charge in [-0.05, 0) is 12.8 Å². The number of H-pyrrole nitrogens is 1. The molecule has 2 rings (SSSR count). The van der Waals surface area contributed by atoms with Crippen molar-refractivity contribution in [2.75, 3.05) is 32.8 Å². The van der Waals surface area contributed by atoms with Gasteiger partial charge in [-0.3, -0.25) is 19.2 Å². The van der Waals surface area contributed by atoms with Crippen LogP contribution in [0, 0.1) is 0 Å². The number of aromatic nitrogens is 2. The molecule has 1 unspecified atom stereocenters. The third-order valence-corrected chi connectivity index (χ3v) is 4.06. The molecule has 1 saturated heterocycles. The predicted octanol–water partition coefficient (Wildman–Crippen LogP) is 1.21. The van der Waals surface area contributed by atoms with Crippen molar-refractivity contribution in [2.45, 2.75) is 32.7 Å². The Hall–Kier alpha value is -1.11. The van der Waals surface area contributed by atoms with E-state index in [0.717, 1.165) is 13.1 Å². The zero-order valence-electron chi connectivity index (χ0n) is 12.7. The third-order valence-electron chi connectivity index (χ3n) is 3.77. The zero-order chi connectivity index (χ0) is 15.6. The Kier molecular flexibility index (Phi) is 5.24. The van der Waals surface area contributed by atoms with Gasteiger partial charge in [0.25, 0.3) is 5.56 Å². The van der Waals surface area contributed by atoms with Gasteiger partial charge >= 0.3 is 5.69 Å². The van der Waals surface area contributed by atoms with E-state index in [2.05, 4.69) is 9.88 Å². The summed E-state index contributed by atoms with van der Waals surface area (Å²) in [6.45, 7) is 9.32. The van der Waals surface area contributed by atoms with Crippen LogP contribution in [-0.4, -0.2) is 47.3 Å². The highest BCUT2D eigenvalue weighted by Crippen LogP contribution is 2.17. The molecule has 0 radical (unpaired) electrons. The van der Waals surface area contributed by atoms with Gasteiger partial charge < -0.3 is 4.74 Å². The van der Waals surface area contributed by atoms with Crippen molar-refractivity contribution in [2.24, 2.45) is 0 Å². The van der Waals surface area contributed by atoms with Crippen LogP contribution in [0.4, 0.5) is 0 Å². The summed E-state index contributed by atoms with van der Waals surface area (Å²) in [6.07, 6.45) is 0. The molecule has 1 fully saturated rings. The number of hydrogen-bond donors (Lipinski definition) is 1. The van der Waals surface area contributed by atoms with Crippen molar-refractivity contribution in [3.63, 3.8) is 0 Å². The molecule has 0 spiro atoms. The second kappa shape index (κ2) is 6.77. The minimum absolute atomic E-state index is 0.0383. The lowest BCUT2D eigenvalue weighted by Crippen LogP contribution is -2.45. The van der Waals surface area contributed by atoms with Crippen LogP contribution in [0.25, 0.3) is 0 Å². The molecule has 1 atom stereocenters. The van der Waals surface area contributed by atoms with Gasteiger partial charge in [-0.15, -0.1) is 0 Å². The topological polar surface area (TPSA) is 67.3 Å². The van der Waals surface area contributed by atoms with Crippen molar-refractivity contribution in [3.8, 4) is 0 Å². The largest absolute Gasteiger partial charge is 0.379 e. The maximum absolute atomic E-state index is 12.6. The summed E-state index contributed by atoms with van der Waals surface area (Å²) >= 11 is 6.00. The fraction of sp³-hybridized carbons (Fsp3) is 0.714. The summed E-state index contributed by atoms with van der Waals surface area (Å²) < 4.78 is 6.58. The number of ether oxygens (including phenoxy) is 1. The quantitative estimate of drug-likeness (QED) is 0.848. The van der Waals surface area contributed by atoms with E-state index in [0.29, 0.717) is 25.3 Å². The molecule has 1 N–H and O–H groups in total. The molecule has 7 heteroatoms. The van der Waals surface area contributed by atoms with Gasteiger partial charge in [0.05, 0.1) is 24.8 Å². The van der Waals surface area contributed by atoms with Crippen LogP contribution in [0.5, 0.6) is 0 Å². The number of nitrogens with one attached hydrogen (secondary N) is 1. The standard InChI is InChI=1S/C14H22ClN3O3/c1-9(2)11-12(15)16-14(20)18(13(11)19)10(3)8-17-4-6-21-7-5-17/h9-10H,4-8H2,1-3H3,(H,16,20). The Morgan fingerprint density at radius 1 is 1.24 bits per heavy atom. The highest BCUT2D eigenvalue weighted by atomic mass is 35.5. The van der Waals surface area contributed by atoms with E-state index in [1.807, 2.05) is 20.8 Å². The van der Waals surface area contributed by atoms with E-state index in [-0.39, 0.29) is 22.7 Å². The van der Waals surface area contributed by atoms with E-state index in [4.69, 9.17) is 16.3 Å². The summed E-state index contributed by atoms with van der Waals surface area (Å²) in [4.78, 5) is 29.4. The minimum Gasteiger partial charge on any atom is -0.379 e. The Morgan fingerprint density at radius 3 is 2.43 bits per heavy atom. The smallest absolute Gasteiger partial charge is 0.329 e. The normalized spacial score (nSPS) is 18.1. The molecule has 6 nitrogen and oxygen atoms in total. The summed E-state index contributed by atoms with van der Waals surface area (Å²) in [5.41, 5.74) is -0.278. The van der Waals surface area contributed by atoms with Gasteiger partial charge in [0.15, 0.2) is 0 Å². The minimum atomic E-state index is -0.449. The molecule has 1 aromatic heterocycles. The number of hydrogen-bond acceptors (Lipinski definition) is 4. The zero-order valence-corrected chi connectivity index (χ0v) is 13.4. The Labute approximate surface area is 128 Å². The molecular formula is C14H22ClN3O3. The van der Waals surface area contributed by atoms with Crippen LogP contribution in [0.3, 0.4) is 0 Å². The average molecular weight is 316 g/mol. The van der Waals surface area contributed by atoms with Crippen LogP contribution in [0.1, 0.15) is 38.3 Å². The van der Waals surface area contributed by atoms with E-state index < -0.39 is 5.69 Å². The van der Waals surface area contributed by atoms with Gasteiger partial charge in [0.1, 0.15) is 5.15 Å². The number of aromatic amines is 1. The fourth-order valence-electron chi connectivity index (χ4n) is 2.68. The average Bonchev–Trinajstić information content (AvgIpc) is 2.38. The van der Waals surface area contributed by atoms with Crippen LogP contribution in [0.2, 0.25) is 5.15 Å². The SMILES string of the molecule is CC(C)c1c(Cl)[nH]c(=O)n(C(C)CN2CCOCC2)c1=O. The molecule has 118 valence electrons. The lowest BCUT2D eigenvalue weighted by molar-refractivity contribution is 0.0321. The summed E-state index contributed by atoms with van der Waals surface area (Å²) in [7, 11) is 0. The molecule has 0 bridgehead atoms. The molecule has 0 amide bonds. The molecular weight excluding hydrogens is 294 g/mol. The van der Waals surface area contributed by atoms with Crippen molar-refractivity contribution < 1.29 is 4.74 Å². The number of nitrogens with zero attached hydrogens (tertiary/aromatic N) is 2. The van der Waals surface area contributed by atoms with E-state index >= 15 is 0 Å². The Balaban J connectivity index is 2.32. The first-order chi connectivity index (χ1) is 9.91. The summed E-state index contributed by atoms with van der Waals surface area (Å²) in [5, 5.41) is 0.148. The Morgan fingerprint density at radius 2 is 1.86 bits per heavy atom. The van der Waals surface area contributed by atoms with Crippen LogP contribution in [0.15, 0.2) is 9.59 Å². The molecule has 2 heterocycles. The van der Waals surface area contributed by atoms with Gasteiger partial charge in [0, 0.05) is 19.6 Å². The Bertz CT molecular complexity index is 602. The number of rotatable bonds is 4. The maximum Gasteiger partial charge on any atom is 0.329 e. The molecule has 21 heavy (non-hydrogen) atoms. The van der Waals surface area contributed by atoms with E-state index in [9.17, 15) is 9.59 Å². The third kappa shape index (κ3) is 3.56. The van der Waals surface area contributed by atoms with Gasteiger partial charge in [-0.25, -0.2) is 4.79 Å². The summed E-state index contributed by atoms with van der Waals surface area (Å²) in [5.74, 6) is -0.0383. The summed E-state index contributed by atoms with van der Waals surface area (Å²) in [6, 6.07) is -0.214. The maximum atomic E-state index is 12.6. The van der Waals surface area contributed by atoms with Crippen LogP contribution in [-0.2, 0) is 4.74 Å². The van der Waals surface area contributed by atoms with Gasteiger partial charge in [-0.2, -0.15) is 0 Å². The first kappa shape index (κ1) is 16.3.